The van der Waals surface area contributed by atoms with Crippen LogP contribution in [0.2, 0.25) is 0 Å². The number of aliphatic hydroxyl groups is 6. The monoisotopic (exact) mass is 778 g/mol. The van der Waals surface area contributed by atoms with Crippen molar-refractivity contribution in [3.63, 3.8) is 0 Å². The Bertz CT molecular complexity index is 1490. The largest absolute Gasteiger partial charge is 0.458 e. The van der Waals surface area contributed by atoms with Crippen LogP contribution in [0.3, 0.4) is 0 Å². The number of hydrogen-bond acceptors (Lipinski definition) is 14. The zero-order valence-corrected chi connectivity index (χ0v) is 32.6. The molecule has 4 heterocycles. The molecule has 4 saturated carbocycles. The maximum Gasteiger partial charge on any atom is 0.331 e. The maximum atomic E-state index is 12.6. The molecule has 0 radical (unpaired) electrons. The molecule has 4 aliphatic heterocycles. The second kappa shape index (κ2) is 14.9. The fraction of sp³-hybridized carbons (Fsp3) is 0.878. The highest BCUT2D eigenvalue weighted by molar-refractivity contribution is 5.85. The third-order valence-electron chi connectivity index (χ3n) is 15.7. The molecule has 0 amide bonds. The molecule has 9 unspecified atom stereocenters. The van der Waals surface area contributed by atoms with Gasteiger partial charge in [-0.25, -0.2) is 4.79 Å². The summed E-state index contributed by atoms with van der Waals surface area (Å²) in [6.45, 7) is 9.93. The summed E-state index contributed by atoms with van der Waals surface area (Å²) in [5.74, 6) is 0.798. The van der Waals surface area contributed by atoms with Gasteiger partial charge in [-0.15, -0.1) is 0 Å². The van der Waals surface area contributed by atoms with E-state index in [0.717, 1.165) is 63.4 Å². The quantitative estimate of drug-likeness (QED) is 0.124. The Balaban J connectivity index is 0.909. The molecule has 8 rings (SSSR count). The number of carbonyl (C=O) groups excluding carboxylic acids is 1. The summed E-state index contributed by atoms with van der Waals surface area (Å²) in [6, 6.07) is 0. The summed E-state index contributed by atoms with van der Waals surface area (Å²) in [6.07, 6.45) is -1.94. The van der Waals surface area contributed by atoms with E-state index >= 15 is 0 Å². The van der Waals surface area contributed by atoms with Crippen LogP contribution in [0.1, 0.15) is 92.4 Å². The average molecular weight is 779 g/mol. The van der Waals surface area contributed by atoms with E-state index in [1.54, 1.807) is 26.8 Å². The number of cyclic esters (lactones) is 1. The number of carbonyl (C=O) groups is 1. The van der Waals surface area contributed by atoms with Crippen LogP contribution in [0.5, 0.6) is 0 Å². The third kappa shape index (κ3) is 6.77. The van der Waals surface area contributed by atoms with Crippen LogP contribution in [0.4, 0.5) is 0 Å². The van der Waals surface area contributed by atoms with Gasteiger partial charge in [0.1, 0.15) is 43.2 Å². The number of rotatable bonds is 7. The molecule has 0 aromatic rings. The lowest BCUT2D eigenvalue weighted by Crippen LogP contribution is -2.64. The van der Waals surface area contributed by atoms with Gasteiger partial charge in [0.05, 0.1) is 36.1 Å². The molecule has 0 aromatic heterocycles. The standard InChI is InChI=1S/C41H62O14/c1-19-28(42)8-9-30(50-19)54-35-31(44)20(2)52-38(33(35)46)55-36-32(45)21(3)51-37(34(36)47)53-24-10-13-39(4)23(17-24)6-7-27-26(39)11-14-40(5)25(12-15-41(27,40)48)22-16-29(43)49-18-22/h8-9,16,19-21,23-28,30-38,42,44-48H,6-7,10-15,17-18H2,1-5H3/t19-,20?,21?,23+,24-,25+,26?,27?,28-,30?,31-,32-,33-,34-,35-,36-,37?,38?,39?,40?,41-/m0/s1. The fourth-order valence-corrected chi connectivity index (χ4v) is 12.3. The van der Waals surface area contributed by atoms with Crippen LogP contribution in [-0.2, 0) is 38.0 Å². The van der Waals surface area contributed by atoms with Gasteiger partial charge in [0, 0.05) is 11.5 Å². The Labute approximate surface area is 323 Å². The molecule has 0 bridgehead atoms. The van der Waals surface area contributed by atoms with Gasteiger partial charge in [-0.2, -0.15) is 0 Å². The number of aliphatic hydroxyl groups excluding tert-OH is 5. The molecule has 310 valence electrons. The van der Waals surface area contributed by atoms with Gasteiger partial charge < -0.3 is 63.8 Å². The molecule has 4 aliphatic carbocycles. The van der Waals surface area contributed by atoms with Crippen LogP contribution in [0, 0.1) is 34.5 Å². The predicted octanol–water partition coefficient (Wildman–Crippen LogP) is 1.99. The van der Waals surface area contributed by atoms with Crippen molar-refractivity contribution in [2.45, 2.75) is 184 Å². The topological polar surface area (TPSA) is 203 Å². The van der Waals surface area contributed by atoms with Gasteiger partial charge in [0.15, 0.2) is 18.9 Å². The molecule has 6 N–H and O–H groups in total. The first-order valence-corrected chi connectivity index (χ1v) is 20.6. The van der Waals surface area contributed by atoms with Crippen molar-refractivity contribution >= 4 is 5.97 Å². The van der Waals surface area contributed by atoms with E-state index in [1.807, 2.05) is 0 Å². The van der Waals surface area contributed by atoms with Gasteiger partial charge in [0.25, 0.3) is 0 Å². The van der Waals surface area contributed by atoms with E-state index < -0.39 is 85.5 Å². The average Bonchev–Trinajstić information content (AvgIpc) is 3.70. The van der Waals surface area contributed by atoms with E-state index in [2.05, 4.69) is 13.8 Å². The number of fused-ring (bicyclic) bond motifs is 5. The molecular weight excluding hydrogens is 716 g/mol. The molecule has 2 saturated heterocycles. The van der Waals surface area contributed by atoms with E-state index in [1.165, 1.54) is 12.2 Å². The van der Waals surface area contributed by atoms with Crippen LogP contribution in [0.15, 0.2) is 23.8 Å². The van der Waals surface area contributed by atoms with Gasteiger partial charge in [-0.1, -0.05) is 19.9 Å². The van der Waals surface area contributed by atoms with Crippen LogP contribution < -0.4 is 0 Å². The molecule has 14 nitrogen and oxygen atoms in total. The first-order valence-electron chi connectivity index (χ1n) is 20.6. The molecule has 0 spiro atoms. The lowest BCUT2D eigenvalue weighted by molar-refractivity contribution is -0.367. The third-order valence-corrected chi connectivity index (χ3v) is 15.7. The van der Waals surface area contributed by atoms with E-state index in [0.29, 0.717) is 18.4 Å². The van der Waals surface area contributed by atoms with Crippen molar-refractivity contribution in [1.29, 1.82) is 0 Å². The zero-order valence-electron chi connectivity index (χ0n) is 32.6. The molecule has 0 aromatic carbocycles. The van der Waals surface area contributed by atoms with Crippen LogP contribution >= 0.6 is 0 Å². The Kier molecular flexibility index (Phi) is 10.9. The Morgan fingerprint density at radius 3 is 2.04 bits per heavy atom. The minimum absolute atomic E-state index is 0.0232. The van der Waals surface area contributed by atoms with Crippen molar-refractivity contribution in [3.05, 3.63) is 23.8 Å². The van der Waals surface area contributed by atoms with Gasteiger partial charge in [-0.3, -0.25) is 0 Å². The molecular formula is C41H62O14. The second-order valence-electron chi connectivity index (χ2n) is 18.5. The predicted molar refractivity (Wildman–Crippen MR) is 193 cm³/mol. The van der Waals surface area contributed by atoms with Crippen molar-refractivity contribution in [2.75, 3.05) is 6.61 Å². The highest BCUT2D eigenvalue weighted by Gasteiger charge is 2.68. The summed E-state index contributed by atoms with van der Waals surface area (Å²) in [5.41, 5.74) is -0.0221. The Hall–Kier alpha value is -1.53. The summed E-state index contributed by atoms with van der Waals surface area (Å²) >= 11 is 0. The summed E-state index contributed by atoms with van der Waals surface area (Å²) < 4.78 is 41.4. The van der Waals surface area contributed by atoms with Crippen molar-refractivity contribution < 1.29 is 68.6 Å². The maximum absolute atomic E-state index is 12.6. The highest BCUT2D eigenvalue weighted by Crippen LogP contribution is 2.70. The lowest BCUT2D eigenvalue weighted by atomic mass is 9.43. The smallest absolute Gasteiger partial charge is 0.331 e. The Morgan fingerprint density at radius 2 is 1.38 bits per heavy atom. The summed E-state index contributed by atoms with van der Waals surface area (Å²) in [5, 5.41) is 67.5. The highest BCUT2D eigenvalue weighted by atomic mass is 16.7. The minimum atomic E-state index is -1.52. The van der Waals surface area contributed by atoms with E-state index in [9.17, 15) is 35.4 Å². The van der Waals surface area contributed by atoms with Crippen molar-refractivity contribution in [3.8, 4) is 0 Å². The van der Waals surface area contributed by atoms with Crippen molar-refractivity contribution in [1.82, 2.24) is 0 Å². The molecule has 55 heavy (non-hydrogen) atoms. The number of ether oxygens (including phenoxy) is 7. The van der Waals surface area contributed by atoms with Crippen LogP contribution in [0.25, 0.3) is 0 Å². The number of hydrogen-bond donors (Lipinski definition) is 6. The SMILES string of the molecule is CC1OC(O[C@@H]2[C@H](O)C(O[C@H]3CCC4(C)C5CCC6(C)[C@@H](C7=CC(=O)OC7)CC[C@]6(O)C5CC[C@@H]4C3)OC(C)[C@@H]2O)[C@@H](O)[C@@H](OC2C=C[C@H](O)[C@H](C)O2)[C@H]1O. The van der Waals surface area contributed by atoms with E-state index in [-0.39, 0.29) is 34.7 Å². The summed E-state index contributed by atoms with van der Waals surface area (Å²) in [7, 11) is 0. The first kappa shape index (κ1) is 40.3. The first-order chi connectivity index (χ1) is 26.0. The lowest BCUT2D eigenvalue weighted by Gasteiger charge is -2.64. The van der Waals surface area contributed by atoms with E-state index in [4.69, 9.17) is 33.2 Å². The normalized spacial score (nSPS) is 55.3. The van der Waals surface area contributed by atoms with Crippen LogP contribution in [-0.4, -0.2) is 135 Å². The molecule has 8 aliphatic rings. The number of esters is 1. The zero-order chi connectivity index (χ0) is 39.2. The molecule has 6 fully saturated rings. The minimum Gasteiger partial charge on any atom is -0.458 e. The van der Waals surface area contributed by atoms with Crippen molar-refractivity contribution in [2.24, 2.45) is 34.5 Å². The summed E-state index contributed by atoms with van der Waals surface area (Å²) in [4.78, 5) is 11.9. The fourth-order valence-electron chi connectivity index (χ4n) is 12.3. The van der Waals surface area contributed by atoms with Gasteiger partial charge in [-0.05, 0) is 119 Å². The molecule has 14 heteroatoms. The second-order valence-corrected chi connectivity index (χ2v) is 18.5. The van der Waals surface area contributed by atoms with Gasteiger partial charge in [0.2, 0.25) is 0 Å². The van der Waals surface area contributed by atoms with Gasteiger partial charge >= 0.3 is 5.97 Å². The Morgan fingerprint density at radius 1 is 0.709 bits per heavy atom. The molecule has 21 atom stereocenters.